The molecule has 0 spiro atoms. The van der Waals surface area contributed by atoms with Gasteiger partial charge in [0.15, 0.2) is 11.0 Å². The molecule has 2 aromatic carbocycles. The Bertz CT molecular complexity index is 925. The van der Waals surface area contributed by atoms with Crippen LogP contribution in [0.15, 0.2) is 47.5 Å². The summed E-state index contributed by atoms with van der Waals surface area (Å²) in [7, 11) is 0. The predicted molar refractivity (Wildman–Crippen MR) is 107 cm³/mol. The number of nitrogens with one attached hydrogen (secondary N) is 1. The molecular weight excluding hydrogens is 370 g/mol. The van der Waals surface area contributed by atoms with E-state index in [1.807, 2.05) is 32.0 Å². The number of amides is 2. The Morgan fingerprint density at radius 1 is 1.15 bits per heavy atom. The Morgan fingerprint density at radius 2 is 1.85 bits per heavy atom. The molecule has 3 rings (SSSR count). The van der Waals surface area contributed by atoms with Gasteiger partial charge in [-0.05, 0) is 67.5 Å². The molecule has 7 heteroatoms. The Balaban J connectivity index is 1.91. The Kier molecular flexibility index (Phi) is 5.15. The standard InChI is InChI=1S/C19H16ClN3O2S/c1-11-4-3-5-16(12(11)2)21-10-15-17(24)22-19(26)23(18(15)25)14-8-6-13(20)7-9-14/h3-10,15H,1-2H3,(H,22,24,26)/t15-/m0/s1. The lowest BCUT2D eigenvalue weighted by atomic mass is 10.1. The van der Waals surface area contributed by atoms with E-state index in [0.29, 0.717) is 10.7 Å². The summed E-state index contributed by atoms with van der Waals surface area (Å²) in [4.78, 5) is 30.8. The number of halogens is 1. The molecule has 1 saturated heterocycles. The van der Waals surface area contributed by atoms with Gasteiger partial charge in [-0.25, -0.2) is 0 Å². The first-order valence-corrected chi connectivity index (χ1v) is 8.72. The molecule has 1 heterocycles. The second kappa shape index (κ2) is 7.35. The molecule has 1 aliphatic heterocycles. The van der Waals surface area contributed by atoms with Gasteiger partial charge in [0, 0.05) is 11.2 Å². The monoisotopic (exact) mass is 385 g/mol. The molecule has 132 valence electrons. The largest absolute Gasteiger partial charge is 0.301 e. The Labute approximate surface area is 161 Å². The third-order valence-electron chi connectivity index (χ3n) is 4.23. The van der Waals surface area contributed by atoms with Crippen molar-refractivity contribution in [1.29, 1.82) is 0 Å². The van der Waals surface area contributed by atoms with E-state index >= 15 is 0 Å². The zero-order valence-corrected chi connectivity index (χ0v) is 15.8. The van der Waals surface area contributed by atoms with Crippen LogP contribution in [0.4, 0.5) is 11.4 Å². The summed E-state index contributed by atoms with van der Waals surface area (Å²) in [5, 5.41) is 3.14. The van der Waals surface area contributed by atoms with E-state index < -0.39 is 17.7 Å². The van der Waals surface area contributed by atoms with Gasteiger partial charge in [-0.3, -0.25) is 19.5 Å². The second-order valence-electron chi connectivity index (χ2n) is 5.92. The summed E-state index contributed by atoms with van der Waals surface area (Å²) < 4.78 is 0. The van der Waals surface area contributed by atoms with Crippen LogP contribution in [-0.4, -0.2) is 23.1 Å². The van der Waals surface area contributed by atoms with Crippen LogP contribution in [-0.2, 0) is 9.59 Å². The van der Waals surface area contributed by atoms with E-state index in [1.165, 1.54) is 11.1 Å². The maximum Gasteiger partial charge on any atom is 0.251 e. The highest BCUT2D eigenvalue weighted by molar-refractivity contribution is 7.80. The molecule has 0 saturated carbocycles. The number of benzene rings is 2. The predicted octanol–water partition coefficient (Wildman–Crippen LogP) is 3.72. The number of hydrogen-bond donors (Lipinski definition) is 1. The molecule has 1 aliphatic rings. The molecule has 0 aromatic heterocycles. The summed E-state index contributed by atoms with van der Waals surface area (Å²) >= 11 is 11.1. The SMILES string of the molecule is Cc1cccc(N=C[C@H]2C(=O)NC(=S)N(c3ccc(Cl)cc3)C2=O)c1C. The quantitative estimate of drug-likeness (QED) is 0.497. The van der Waals surface area contributed by atoms with Crippen molar-refractivity contribution >= 4 is 58.3 Å². The van der Waals surface area contributed by atoms with Gasteiger partial charge in [0.2, 0.25) is 5.91 Å². The Morgan fingerprint density at radius 3 is 2.54 bits per heavy atom. The third-order valence-corrected chi connectivity index (χ3v) is 4.76. The topological polar surface area (TPSA) is 61.8 Å². The highest BCUT2D eigenvalue weighted by Crippen LogP contribution is 2.24. The fourth-order valence-corrected chi connectivity index (χ4v) is 3.01. The van der Waals surface area contributed by atoms with E-state index in [-0.39, 0.29) is 5.11 Å². The number of carbonyl (C=O) groups excluding carboxylic acids is 2. The molecule has 0 radical (unpaired) electrons. The van der Waals surface area contributed by atoms with E-state index in [0.717, 1.165) is 16.8 Å². The van der Waals surface area contributed by atoms with Gasteiger partial charge in [0.05, 0.1) is 11.4 Å². The molecule has 2 amide bonds. The molecule has 1 N–H and O–H groups in total. The maximum absolute atomic E-state index is 12.9. The lowest BCUT2D eigenvalue weighted by Crippen LogP contribution is -2.58. The van der Waals surface area contributed by atoms with E-state index in [1.54, 1.807) is 24.3 Å². The van der Waals surface area contributed by atoms with Crippen LogP contribution in [0.5, 0.6) is 0 Å². The number of hydrogen-bond acceptors (Lipinski definition) is 4. The smallest absolute Gasteiger partial charge is 0.251 e. The van der Waals surface area contributed by atoms with Crippen molar-refractivity contribution in [1.82, 2.24) is 5.32 Å². The summed E-state index contributed by atoms with van der Waals surface area (Å²) in [6.45, 7) is 3.92. The van der Waals surface area contributed by atoms with E-state index in [9.17, 15) is 9.59 Å². The van der Waals surface area contributed by atoms with E-state index in [2.05, 4.69) is 10.3 Å². The average Bonchev–Trinajstić information content (AvgIpc) is 2.59. The van der Waals surface area contributed by atoms with Crippen molar-refractivity contribution in [3.8, 4) is 0 Å². The first-order chi connectivity index (χ1) is 12.4. The third kappa shape index (κ3) is 3.52. The number of carbonyl (C=O) groups is 2. The van der Waals surface area contributed by atoms with Crippen molar-refractivity contribution in [3.05, 3.63) is 58.6 Å². The number of nitrogens with zero attached hydrogens (tertiary/aromatic N) is 2. The normalized spacial score (nSPS) is 17.7. The van der Waals surface area contributed by atoms with Gasteiger partial charge >= 0.3 is 0 Å². The van der Waals surface area contributed by atoms with Crippen molar-refractivity contribution in [2.75, 3.05) is 4.90 Å². The maximum atomic E-state index is 12.9. The number of thiocarbonyl (C=S) groups is 1. The van der Waals surface area contributed by atoms with Crippen LogP contribution in [0.2, 0.25) is 5.02 Å². The van der Waals surface area contributed by atoms with Crippen molar-refractivity contribution < 1.29 is 9.59 Å². The lowest BCUT2D eigenvalue weighted by Gasteiger charge is -2.30. The lowest BCUT2D eigenvalue weighted by molar-refractivity contribution is -0.130. The number of aryl methyl sites for hydroxylation is 1. The van der Waals surface area contributed by atoms with Gasteiger partial charge in [-0.15, -0.1) is 0 Å². The molecule has 5 nitrogen and oxygen atoms in total. The molecular formula is C19H16ClN3O2S. The minimum Gasteiger partial charge on any atom is -0.301 e. The number of rotatable bonds is 3. The van der Waals surface area contributed by atoms with Crippen LogP contribution >= 0.6 is 23.8 Å². The summed E-state index contributed by atoms with van der Waals surface area (Å²) in [5.74, 6) is -1.99. The van der Waals surface area contributed by atoms with Crippen LogP contribution in [0.3, 0.4) is 0 Å². The van der Waals surface area contributed by atoms with Gasteiger partial charge < -0.3 is 5.32 Å². The van der Waals surface area contributed by atoms with Crippen LogP contribution in [0, 0.1) is 19.8 Å². The second-order valence-corrected chi connectivity index (χ2v) is 6.74. The highest BCUT2D eigenvalue weighted by atomic mass is 35.5. The van der Waals surface area contributed by atoms with Crippen LogP contribution in [0.25, 0.3) is 0 Å². The summed E-state index contributed by atoms with van der Waals surface area (Å²) in [5.41, 5.74) is 3.34. The zero-order valence-electron chi connectivity index (χ0n) is 14.2. The Hall–Kier alpha value is -2.57. The summed E-state index contributed by atoms with van der Waals surface area (Å²) in [6.07, 6.45) is 1.37. The van der Waals surface area contributed by atoms with Crippen LogP contribution in [0.1, 0.15) is 11.1 Å². The first kappa shape index (κ1) is 18.2. The minimum absolute atomic E-state index is 0.0405. The average molecular weight is 386 g/mol. The van der Waals surface area contributed by atoms with Crippen LogP contribution < -0.4 is 10.2 Å². The molecule has 26 heavy (non-hydrogen) atoms. The number of anilines is 1. The van der Waals surface area contributed by atoms with Crippen molar-refractivity contribution in [2.45, 2.75) is 13.8 Å². The molecule has 2 aromatic rings. The molecule has 1 atom stereocenters. The fraction of sp³-hybridized carbons (Fsp3) is 0.158. The molecule has 0 aliphatic carbocycles. The van der Waals surface area contributed by atoms with Gasteiger partial charge in [0.1, 0.15) is 0 Å². The van der Waals surface area contributed by atoms with E-state index in [4.69, 9.17) is 23.8 Å². The fourth-order valence-electron chi connectivity index (χ4n) is 2.59. The van der Waals surface area contributed by atoms with Crippen molar-refractivity contribution in [2.24, 2.45) is 10.9 Å². The molecule has 0 bridgehead atoms. The number of aliphatic imine (C=N–C) groups is 1. The van der Waals surface area contributed by atoms with Gasteiger partial charge in [-0.1, -0.05) is 23.7 Å². The van der Waals surface area contributed by atoms with Crippen molar-refractivity contribution in [3.63, 3.8) is 0 Å². The molecule has 1 fully saturated rings. The first-order valence-electron chi connectivity index (χ1n) is 7.93. The summed E-state index contributed by atoms with van der Waals surface area (Å²) in [6, 6.07) is 12.3. The van der Waals surface area contributed by atoms with Gasteiger partial charge in [0.25, 0.3) is 5.91 Å². The van der Waals surface area contributed by atoms with Gasteiger partial charge in [-0.2, -0.15) is 0 Å². The zero-order chi connectivity index (χ0) is 18.8. The highest BCUT2D eigenvalue weighted by Gasteiger charge is 2.38. The molecule has 0 unspecified atom stereocenters. The minimum atomic E-state index is -1.06.